The molecule has 1 heterocycles. The van der Waals surface area contributed by atoms with Gasteiger partial charge in [0.15, 0.2) is 5.78 Å². The van der Waals surface area contributed by atoms with Crippen molar-refractivity contribution in [1.82, 2.24) is 10.6 Å². The number of urea groups is 1. The molecule has 1 aromatic rings. The Bertz CT molecular complexity index is 525. The summed E-state index contributed by atoms with van der Waals surface area (Å²) in [6.45, 7) is 2.14. The fourth-order valence-electron chi connectivity index (χ4n) is 2.02. The average Bonchev–Trinajstić information content (AvgIpc) is 2.42. The summed E-state index contributed by atoms with van der Waals surface area (Å²) in [5.41, 5.74) is 1.16. The second kappa shape index (κ2) is 6.18. The van der Waals surface area contributed by atoms with E-state index in [-0.39, 0.29) is 11.7 Å². The van der Waals surface area contributed by atoms with Crippen LogP contribution >= 0.6 is 0 Å². The van der Waals surface area contributed by atoms with Gasteiger partial charge in [-0.3, -0.25) is 9.59 Å². The van der Waals surface area contributed by atoms with Crippen LogP contribution in [0.25, 0.3) is 0 Å². The van der Waals surface area contributed by atoms with E-state index in [1.54, 1.807) is 24.3 Å². The first-order chi connectivity index (χ1) is 9.56. The second-order valence-corrected chi connectivity index (χ2v) is 4.72. The van der Waals surface area contributed by atoms with Crippen molar-refractivity contribution in [2.45, 2.75) is 25.8 Å². The first-order valence-electron chi connectivity index (χ1n) is 6.52. The number of carbonyl (C=O) groups excluding carboxylic acids is 3. The highest BCUT2D eigenvalue weighted by Gasteiger charge is 2.23. The molecule has 0 saturated carbocycles. The van der Waals surface area contributed by atoms with E-state index in [4.69, 9.17) is 0 Å². The number of amides is 3. The van der Waals surface area contributed by atoms with Crippen molar-refractivity contribution in [3.05, 3.63) is 29.8 Å². The summed E-state index contributed by atoms with van der Waals surface area (Å²) in [6.07, 6.45) is 1.49. The minimum absolute atomic E-state index is 0.0279. The zero-order valence-corrected chi connectivity index (χ0v) is 11.2. The van der Waals surface area contributed by atoms with E-state index < -0.39 is 12.1 Å². The summed E-state index contributed by atoms with van der Waals surface area (Å²) in [5.74, 6) is -0.182. The van der Waals surface area contributed by atoms with Crippen molar-refractivity contribution in [2.75, 3.05) is 11.9 Å². The molecular weight excluding hydrogens is 258 g/mol. The normalized spacial score (nSPS) is 18.1. The van der Waals surface area contributed by atoms with Crippen LogP contribution in [0.5, 0.6) is 0 Å². The molecule has 1 saturated heterocycles. The zero-order valence-electron chi connectivity index (χ0n) is 11.2. The Labute approximate surface area is 116 Å². The molecule has 0 spiro atoms. The van der Waals surface area contributed by atoms with E-state index in [2.05, 4.69) is 16.0 Å². The van der Waals surface area contributed by atoms with Crippen LogP contribution in [-0.4, -0.2) is 30.3 Å². The van der Waals surface area contributed by atoms with Crippen LogP contribution in [0.15, 0.2) is 24.3 Å². The molecule has 20 heavy (non-hydrogen) atoms. The summed E-state index contributed by atoms with van der Waals surface area (Å²) in [4.78, 5) is 34.4. The number of benzene rings is 1. The van der Waals surface area contributed by atoms with Gasteiger partial charge in [-0.1, -0.05) is 0 Å². The van der Waals surface area contributed by atoms with Gasteiger partial charge in [-0.05, 0) is 44.0 Å². The Kier molecular flexibility index (Phi) is 4.34. The third-order valence-electron chi connectivity index (χ3n) is 3.14. The lowest BCUT2D eigenvalue weighted by Gasteiger charge is -2.22. The first kappa shape index (κ1) is 14.0. The lowest BCUT2D eigenvalue weighted by molar-refractivity contribution is -0.124. The molecule has 1 aliphatic heterocycles. The first-order valence-corrected chi connectivity index (χ1v) is 6.52. The lowest BCUT2D eigenvalue weighted by atomic mass is 10.1. The molecule has 0 bridgehead atoms. The minimum atomic E-state index is -0.486. The molecule has 0 aliphatic carbocycles. The molecular formula is C14H17N3O3. The molecule has 1 aliphatic rings. The van der Waals surface area contributed by atoms with Crippen molar-refractivity contribution in [1.29, 1.82) is 0 Å². The van der Waals surface area contributed by atoms with Gasteiger partial charge in [0.25, 0.3) is 0 Å². The summed E-state index contributed by atoms with van der Waals surface area (Å²) in [6, 6.07) is 5.67. The maximum Gasteiger partial charge on any atom is 0.319 e. The van der Waals surface area contributed by atoms with E-state index in [0.717, 1.165) is 6.42 Å². The molecule has 0 aromatic heterocycles. The lowest BCUT2D eigenvalue weighted by Crippen LogP contribution is -2.51. The van der Waals surface area contributed by atoms with Crippen molar-refractivity contribution < 1.29 is 14.4 Å². The molecule has 1 unspecified atom stereocenters. The van der Waals surface area contributed by atoms with Gasteiger partial charge in [-0.15, -0.1) is 0 Å². The van der Waals surface area contributed by atoms with Crippen LogP contribution in [0.1, 0.15) is 30.1 Å². The van der Waals surface area contributed by atoms with Crippen LogP contribution in [-0.2, 0) is 4.79 Å². The van der Waals surface area contributed by atoms with Crippen LogP contribution in [0.3, 0.4) is 0 Å². The number of nitrogens with one attached hydrogen (secondary N) is 3. The highest BCUT2D eigenvalue weighted by Crippen LogP contribution is 2.10. The maximum atomic E-state index is 11.8. The number of rotatable bonds is 3. The van der Waals surface area contributed by atoms with Crippen molar-refractivity contribution >= 4 is 23.4 Å². The van der Waals surface area contributed by atoms with Gasteiger partial charge in [0, 0.05) is 17.8 Å². The van der Waals surface area contributed by atoms with Crippen LogP contribution in [0.4, 0.5) is 10.5 Å². The SMILES string of the molecule is CC(=O)c1ccc(NC(=O)NC2CCCNC2=O)cc1. The highest BCUT2D eigenvalue weighted by molar-refractivity contribution is 5.96. The average molecular weight is 275 g/mol. The fraction of sp³-hybridized carbons (Fsp3) is 0.357. The molecule has 106 valence electrons. The topological polar surface area (TPSA) is 87.3 Å². The van der Waals surface area contributed by atoms with E-state index in [9.17, 15) is 14.4 Å². The summed E-state index contributed by atoms with van der Waals surface area (Å²) >= 11 is 0. The fourth-order valence-corrected chi connectivity index (χ4v) is 2.02. The number of Topliss-reactive ketones (excluding diaryl/α,β-unsaturated/α-hetero) is 1. The van der Waals surface area contributed by atoms with E-state index >= 15 is 0 Å². The number of anilines is 1. The zero-order chi connectivity index (χ0) is 14.5. The van der Waals surface area contributed by atoms with Gasteiger partial charge in [-0.25, -0.2) is 4.79 Å². The Morgan fingerprint density at radius 1 is 1.25 bits per heavy atom. The van der Waals surface area contributed by atoms with Gasteiger partial charge in [0.1, 0.15) is 6.04 Å². The van der Waals surface area contributed by atoms with E-state index in [0.29, 0.717) is 24.2 Å². The molecule has 2 rings (SSSR count). The van der Waals surface area contributed by atoms with Crippen molar-refractivity contribution in [2.24, 2.45) is 0 Å². The molecule has 1 atom stereocenters. The van der Waals surface area contributed by atoms with E-state index in [1.165, 1.54) is 6.92 Å². The molecule has 1 fully saturated rings. The Morgan fingerprint density at radius 2 is 1.95 bits per heavy atom. The second-order valence-electron chi connectivity index (χ2n) is 4.72. The molecule has 1 aromatic carbocycles. The predicted molar refractivity (Wildman–Crippen MR) is 74.6 cm³/mol. The molecule has 6 nitrogen and oxygen atoms in total. The summed E-state index contributed by atoms with van der Waals surface area (Å²) in [5, 5.41) is 7.96. The number of carbonyl (C=O) groups is 3. The highest BCUT2D eigenvalue weighted by atomic mass is 16.2. The Morgan fingerprint density at radius 3 is 2.55 bits per heavy atom. The smallest absolute Gasteiger partial charge is 0.319 e. The van der Waals surface area contributed by atoms with E-state index in [1.807, 2.05) is 0 Å². The van der Waals surface area contributed by atoms with Crippen molar-refractivity contribution in [3.8, 4) is 0 Å². The number of hydrogen-bond acceptors (Lipinski definition) is 3. The van der Waals surface area contributed by atoms with Crippen LogP contribution in [0, 0.1) is 0 Å². The Balaban J connectivity index is 1.90. The van der Waals surface area contributed by atoms with Gasteiger partial charge in [0.05, 0.1) is 0 Å². The third-order valence-corrected chi connectivity index (χ3v) is 3.14. The van der Waals surface area contributed by atoms with Crippen LogP contribution in [0.2, 0.25) is 0 Å². The minimum Gasteiger partial charge on any atom is -0.354 e. The standard InChI is InChI=1S/C14H17N3O3/c1-9(18)10-4-6-11(7-5-10)16-14(20)17-12-3-2-8-15-13(12)19/h4-7,12H,2-3,8H2,1H3,(H,15,19)(H2,16,17,20). The summed E-state index contributed by atoms with van der Waals surface area (Å²) in [7, 11) is 0. The molecule has 3 amide bonds. The number of ketones is 1. The monoisotopic (exact) mass is 275 g/mol. The maximum absolute atomic E-state index is 11.8. The Hall–Kier alpha value is -2.37. The largest absolute Gasteiger partial charge is 0.354 e. The molecule has 3 N–H and O–H groups in total. The number of hydrogen-bond donors (Lipinski definition) is 3. The van der Waals surface area contributed by atoms with Gasteiger partial charge in [-0.2, -0.15) is 0 Å². The van der Waals surface area contributed by atoms with Crippen LogP contribution < -0.4 is 16.0 Å². The number of piperidine rings is 1. The van der Waals surface area contributed by atoms with Crippen molar-refractivity contribution in [3.63, 3.8) is 0 Å². The molecule has 6 heteroatoms. The predicted octanol–water partition coefficient (Wildman–Crippen LogP) is 1.29. The molecule has 0 radical (unpaired) electrons. The van der Waals surface area contributed by atoms with Gasteiger partial charge < -0.3 is 16.0 Å². The van der Waals surface area contributed by atoms with Gasteiger partial charge >= 0.3 is 6.03 Å². The quantitative estimate of drug-likeness (QED) is 0.726. The summed E-state index contributed by atoms with van der Waals surface area (Å²) < 4.78 is 0. The van der Waals surface area contributed by atoms with Gasteiger partial charge in [0.2, 0.25) is 5.91 Å². The third kappa shape index (κ3) is 3.57.